The van der Waals surface area contributed by atoms with Crippen LogP contribution in [0.25, 0.3) is 0 Å². The quantitative estimate of drug-likeness (QED) is 0.135. The van der Waals surface area contributed by atoms with Crippen LogP contribution in [0, 0.1) is 10.8 Å². The van der Waals surface area contributed by atoms with Gasteiger partial charge in [-0.15, -0.1) is 11.6 Å². The van der Waals surface area contributed by atoms with Gasteiger partial charge in [-0.2, -0.15) is 0 Å². The Hall–Kier alpha value is -2.52. The van der Waals surface area contributed by atoms with Crippen LogP contribution in [0.2, 0.25) is 0 Å². The number of carbonyl (C=O) groups is 3. The second kappa shape index (κ2) is 16.4. The van der Waals surface area contributed by atoms with Crippen molar-refractivity contribution in [1.82, 2.24) is 15.5 Å². The number of isocyanates is 1. The van der Waals surface area contributed by atoms with Gasteiger partial charge < -0.3 is 29.7 Å². The highest BCUT2D eigenvalue weighted by Crippen LogP contribution is 2.24. The molecule has 1 aliphatic heterocycles. The predicted molar refractivity (Wildman–Crippen MR) is 146 cm³/mol. The van der Waals surface area contributed by atoms with E-state index >= 15 is 0 Å². The highest BCUT2D eigenvalue weighted by Gasteiger charge is 2.30. The molecule has 38 heavy (non-hydrogen) atoms. The number of rotatable bonds is 9. The molecule has 12 heteroatoms. The van der Waals surface area contributed by atoms with Gasteiger partial charge in [-0.05, 0) is 44.4 Å². The van der Waals surface area contributed by atoms with E-state index in [1.165, 1.54) is 0 Å². The SMILES string of the molecule is CC(C)(C)OC(=O)N[C@H](CNC(=O)OCCCCl)C(C)(C)C.CC(C)(C)[C@@H](CN1CCCOC1=O)N=C=O. The number of nitrogens with zero attached hydrogens (tertiary/aromatic N) is 2. The normalized spacial score (nSPS) is 15.5. The first-order chi connectivity index (χ1) is 17.4. The average Bonchev–Trinajstić information content (AvgIpc) is 2.75. The molecule has 0 aliphatic carbocycles. The summed E-state index contributed by atoms with van der Waals surface area (Å²) < 4.78 is 15.1. The highest BCUT2D eigenvalue weighted by atomic mass is 35.5. The fourth-order valence-corrected chi connectivity index (χ4v) is 3.13. The maximum absolute atomic E-state index is 11.9. The van der Waals surface area contributed by atoms with Crippen LogP contribution < -0.4 is 10.6 Å². The van der Waals surface area contributed by atoms with Crippen LogP contribution >= 0.6 is 11.6 Å². The van der Waals surface area contributed by atoms with Crippen molar-refractivity contribution in [3.05, 3.63) is 0 Å². The van der Waals surface area contributed by atoms with Gasteiger partial charge >= 0.3 is 18.3 Å². The van der Waals surface area contributed by atoms with Crippen LogP contribution in [0.4, 0.5) is 14.4 Å². The molecule has 11 nitrogen and oxygen atoms in total. The lowest BCUT2D eigenvalue weighted by Gasteiger charge is -2.33. The standard InChI is InChI=1S/C15H29ClN2O4.C11H18N2O3/c1-14(2,3)11(18-13(20)22-15(4,5)6)10-17-12(19)21-9-7-8-16;1-11(2,3)9(12-8-14)7-13-5-4-6-16-10(13)15/h11H,7-10H2,1-6H3,(H,17,19)(H,18,20);9H,4-7H2,1-3H3/t11-;9-/m11/s1. The maximum atomic E-state index is 11.9. The smallest absolute Gasteiger partial charge is 0.409 e. The van der Waals surface area contributed by atoms with Gasteiger partial charge in [0.25, 0.3) is 0 Å². The van der Waals surface area contributed by atoms with Gasteiger partial charge in [-0.1, -0.05) is 41.5 Å². The Bertz CT molecular complexity index is 797. The molecule has 1 rings (SSSR count). The van der Waals surface area contributed by atoms with Crippen molar-refractivity contribution >= 4 is 36.0 Å². The fraction of sp³-hybridized carbons (Fsp3) is 0.846. The number of halogens is 1. The number of amides is 3. The number of hydrogen-bond donors (Lipinski definition) is 2. The third-order valence-corrected chi connectivity index (χ3v) is 5.62. The summed E-state index contributed by atoms with van der Waals surface area (Å²) in [6, 6.07) is -0.529. The Balaban J connectivity index is 0.000000755. The van der Waals surface area contributed by atoms with Crippen molar-refractivity contribution in [3.63, 3.8) is 0 Å². The van der Waals surface area contributed by atoms with E-state index in [0.29, 0.717) is 32.0 Å². The van der Waals surface area contributed by atoms with Crippen molar-refractivity contribution in [2.75, 3.05) is 38.7 Å². The van der Waals surface area contributed by atoms with E-state index in [1.807, 2.05) is 41.5 Å². The van der Waals surface area contributed by atoms with Gasteiger partial charge in [-0.25, -0.2) is 24.2 Å². The van der Waals surface area contributed by atoms with Gasteiger partial charge in [0, 0.05) is 25.5 Å². The topological polar surface area (TPSA) is 136 Å². The van der Waals surface area contributed by atoms with Crippen LogP contribution in [0.15, 0.2) is 4.99 Å². The minimum absolute atomic E-state index is 0.171. The highest BCUT2D eigenvalue weighted by molar-refractivity contribution is 6.17. The Morgan fingerprint density at radius 3 is 2.21 bits per heavy atom. The molecule has 0 saturated carbocycles. The fourth-order valence-electron chi connectivity index (χ4n) is 3.02. The summed E-state index contributed by atoms with van der Waals surface area (Å²) >= 11 is 5.51. The molecule has 1 fully saturated rings. The molecule has 1 aliphatic rings. The zero-order valence-electron chi connectivity index (χ0n) is 24.4. The molecule has 0 unspecified atom stereocenters. The van der Waals surface area contributed by atoms with Crippen molar-refractivity contribution < 1.29 is 33.4 Å². The van der Waals surface area contributed by atoms with E-state index < -0.39 is 17.8 Å². The van der Waals surface area contributed by atoms with Crippen LogP contribution in [-0.4, -0.2) is 85.7 Å². The first-order valence-electron chi connectivity index (χ1n) is 12.9. The molecule has 0 aromatic carbocycles. The number of alkyl halides is 1. The zero-order chi connectivity index (χ0) is 29.6. The van der Waals surface area contributed by atoms with Crippen LogP contribution in [0.1, 0.15) is 75.2 Å². The third kappa shape index (κ3) is 16.3. The van der Waals surface area contributed by atoms with Crippen molar-refractivity contribution in [2.45, 2.75) is 92.8 Å². The van der Waals surface area contributed by atoms with Crippen molar-refractivity contribution in [3.8, 4) is 0 Å². The van der Waals surface area contributed by atoms with Crippen LogP contribution in [-0.2, 0) is 19.0 Å². The Morgan fingerprint density at radius 1 is 1.11 bits per heavy atom. The van der Waals surface area contributed by atoms with Crippen LogP contribution in [0.3, 0.4) is 0 Å². The predicted octanol–water partition coefficient (Wildman–Crippen LogP) is 4.86. The molecule has 0 aromatic rings. The average molecular weight is 563 g/mol. The van der Waals surface area contributed by atoms with Gasteiger partial charge in [-0.3, -0.25) is 0 Å². The monoisotopic (exact) mass is 562 g/mol. The number of alkyl carbamates (subject to hydrolysis) is 2. The van der Waals surface area contributed by atoms with Gasteiger partial charge in [0.2, 0.25) is 6.08 Å². The third-order valence-electron chi connectivity index (χ3n) is 5.36. The molecule has 0 spiro atoms. The summed E-state index contributed by atoms with van der Waals surface area (Å²) in [7, 11) is 0. The Morgan fingerprint density at radius 2 is 1.74 bits per heavy atom. The molecule has 1 heterocycles. The number of hydrogen-bond acceptors (Lipinski definition) is 8. The molecule has 220 valence electrons. The number of aliphatic imine (C=N–C) groups is 1. The molecule has 1 saturated heterocycles. The molecular weight excluding hydrogens is 516 g/mol. The summed E-state index contributed by atoms with van der Waals surface area (Å²) in [5.74, 6) is 0.443. The summed E-state index contributed by atoms with van der Waals surface area (Å²) in [4.78, 5) is 50.6. The van der Waals surface area contributed by atoms with Gasteiger partial charge in [0.05, 0.1) is 25.3 Å². The Kier molecular flexibility index (Phi) is 15.4. The van der Waals surface area contributed by atoms with E-state index in [0.717, 1.165) is 6.42 Å². The summed E-state index contributed by atoms with van der Waals surface area (Å²) in [6.07, 6.45) is 1.66. The van der Waals surface area contributed by atoms with Gasteiger partial charge in [0.15, 0.2) is 0 Å². The molecule has 2 atom stereocenters. The lowest BCUT2D eigenvalue weighted by Crippen LogP contribution is -2.51. The van der Waals surface area contributed by atoms with Crippen molar-refractivity contribution in [1.29, 1.82) is 0 Å². The molecule has 2 N–H and O–H groups in total. The number of nitrogens with one attached hydrogen (secondary N) is 2. The Labute approximate surface area is 232 Å². The zero-order valence-corrected chi connectivity index (χ0v) is 25.2. The first kappa shape index (κ1) is 35.5. The lowest BCUT2D eigenvalue weighted by atomic mass is 9.87. The maximum Gasteiger partial charge on any atom is 0.409 e. The second-order valence-corrected chi connectivity index (χ2v) is 12.5. The molecule has 0 bridgehead atoms. The molecular formula is C26H47ClN4O7. The summed E-state index contributed by atoms with van der Waals surface area (Å²) in [5.41, 5.74) is -0.990. The number of carbonyl (C=O) groups excluding carboxylic acids is 4. The molecule has 0 radical (unpaired) electrons. The van der Waals surface area contributed by atoms with E-state index in [2.05, 4.69) is 15.6 Å². The minimum Gasteiger partial charge on any atom is -0.450 e. The van der Waals surface area contributed by atoms with E-state index in [4.69, 9.17) is 25.8 Å². The number of ether oxygens (including phenoxy) is 3. The minimum atomic E-state index is -0.569. The summed E-state index contributed by atoms with van der Waals surface area (Å²) in [5, 5.41) is 5.43. The van der Waals surface area contributed by atoms with E-state index in [1.54, 1.807) is 31.8 Å². The summed E-state index contributed by atoms with van der Waals surface area (Å²) in [6.45, 7) is 19.3. The number of cyclic esters (lactones) is 1. The molecule has 3 amide bonds. The van der Waals surface area contributed by atoms with Crippen LogP contribution in [0.5, 0.6) is 0 Å². The van der Waals surface area contributed by atoms with E-state index in [-0.39, 0.29) is 42.2 Å². The second-order valence-electron chi connectivity index (χ2n) is 12.1. The molecule has 0 aromatic heterocycles. The van der Waals surface area contributed by atoms with E-state index in [9.17, 15) is 19.2 Å². The largest absolute Gasteiger partial charge is 0.450 e. The van der Waals surface area contributed by atoms with Gasteiger partial charge in [0.1, 0.15) is 5.60 Å². The first-order valence-corrected chi connectivity index (χ1v) is 13.4. The lowest BCUT2D eigenvalue weighted by molar-refractivity contribution is 0.0461. The van der Waals surface area contributed by atoms with Crippen molar-refractivity contribution in [2.24, 2.45) is 15.8 Å².